The summed E-state index contributed by atoms with van der Waals surface area (Å²) in [5.74, 6) is 4.73. The molecule has 0 bridgehead atoms. The van der Waals surface area contributed by atoms with Crippen LogP contribution in [0.15, 0.2) is 11.1 Å². The molecule has 2 fully saturated rings. The highest BCUT2D eigenvalue weighted by Crippen LogP contribution is 2.66. The van der Waals surface area contributed by atoms with Crippen molar-refractivity contribution in [1.82, 2.24) is 0 Å². The fourth-order valence-electron chi connectivity index (χ4n) is 8.93. The summed E-state index contributed by atoms with van der Waals surface area (Å²) >= 11 is 0. The number of hydrogen-bond acceptors (Lipinski definition) is 1. The molecular formula is C28H48O. The van der Waals surface area contributed by atoms with Crippen molar-refractivity contribution in [2.45, 2.75) is 118 Å². The second-order valence-electron chi connectivity index (χ2n) is 12.6. The highest BCUT2D eigenvalue weighted by atomic mass is 16.3. The van der Waals surface area contributed by atoms with Crippen LogP contribution in [0.4, 0.5) is 0 Å². The second kappa shape index (κ2) is 7.99. The molecule has 8 atom stereocenters. The predicted molar refractivity (Wildman–Crippen MR) is 124 cm³/mol. The highest BCUT2D eigenvalue weighted by Gasteiger charge is 2.56. The molecule has 2 saturated carbocycles. The molecule has 0 aromatic rings. The quantitative estimate of drug-likeness (QED) is 0.467. The van der Waals surface area contributed by atoms with E-state index < -0.39 is 0 Å². The molecule has 0 heterocycles. The molecule has 4 aliphatic carbocycles. The zero-order valence-corrected chi connectivity index (χ0v) is 20.3. The molecule has 1 N–H and O–H groups in total. The minimum atomic E-state index is -0.0633. The summed E-state index contributed by atoms with van der Waals surface area (Å²) in [7, 11) is 0. The summed E-state index contributed by atoms with van der Waals surface area (Å²) in [5, 5.41) is 10.5. The van der Waals surface area contributed by atoms with E-state index in [-0.39, 0.29) is 6.10 Å². The number of hydrogen-bond donors (Lipinski definition) is 1. The molecule has 0 aliphatic heterocycles. The molecular weight excluding hydrogens is 352 g/mol. The molecule has 166 valence electrons. The van der Waals surface area contributed by atoms with Crippen molar-refractivity contribution >= 4 is 0 Å². The van der Waals surface area contributed by atoms with E-state index in [1.165, 1.54) is 64.2 Å². The van der Waals surface area contributed by atoms with Crippen LogP contribution in [0.1, 0.15) is 112 Å². The van der Waals surface area contributed by atoms with Crippen LogP contribution >= 0.6 is 0 Å². The van der Waals surface area contributed by atoms with Gasteiger partial charge in [-0.3, -0.25) is 0 Å². The third-order valence-electron chi connectivity index (χ3n) is 10.7. The maximum atomic E-state index is 10.5. The molecule has 0 aromatic carbocycles. The van der Waals surface area contributed by atoms with Gasteiger partial charge in [-0.1, -0.05) is 72.0 Å². The molecule has 0 radical (unpaired) electrons. The van der Waals surface area contributed by atoms with Gasteiger partial charge in [0.1, 0.15) is 0 Å². The Hall–Kier alpha value is -0.300. The summed E-state index contributed by atoms with van der Waals surface area (Å²) in [6.45, 7) is 14.9. The summed E-state index contributed by atoms with van der Waals surface area (Å²) in [5.41, 5.74) is 4.73. The fourth-order valence-corrected chi connectivity index (χ4v) is 8.93. The van der Waals surface area contributed by atoms with Gasteiger partial charge >= 0.3 is 0 Å². The van der Waals surface area contributed by atoms with Gasteiger partial charge in [0.15, 0.2) is 0 Å². The van der Waals surface area contributed by atoms with Crippen LogP contribution in [0.5, 0.6) is 0 Å². The molecule has 0 spiro atoms. The van der Waals surface area contributed by atoms with Gasteiger partial charge in [0, 0.05) is 0 Å². The van der Waals surface area contributed by atoms with Crippen LogP contribution in [0, 0.1) is 46.3 Å². The van der Waals surface area contributed by atoms with Crippen molar-refractivity contribution < 1.29 is 5.11 Å². The Balaban J connectivity index is 1.54. The number of aliphatic hydroxyl groups excluding tert-OH is 1. The first-order valence-corrected chi connectivity index (χ1v) is 13.1. The zero-order valence-electron chi connectivity index (χ0n) is 20.3. The highest BCUT2D eigenvalue weighted by molar-refractivity contribution is 5.34. The molecule has 4 unspecified atom stereocenters. The van der Waals surface area contributed by atoms with Crippen LogP contribution in [-0.2, 0) is 0 Å². The van der Waals surface area contributed by atoms with Crippen molar-refractivity contribution in [1.29, 1.82) is 0 Å². The first kappa shape index (κ1) is 21.9. The SMILES string of the molecule is CC(C)CCCC(C)C1CCC2C3=C(CC[C@@]21C)[C@@]1(C)CC[C@H](O)[C@@H](C)C1CC3. The van der Waals surface area contributed by atoms with Crippen molar-refractivity contribution in [2.75, 3.05) is 0 Å². The summed E-state index contributed by atoms with van der Waals surface area (Å²) in [6, 6.07) is 0. The van der Waals surface area contributed by atoms with Crippen molar-refractivity contribution in [3.63, 3.8) is 0 Å². The van der Waals surface area contributed by atoms with Gasteiger partial charge in [-0.05, 0) is 97.7 Å². The standard InChI is InChI=1S/C28H48O/c1-18(2)8-7-9-19(3)22-12-13-24-21-10-11-23-20(4)26(29)15-17-28(23,6)25(21)14-16-27(22,24)5/h18-20,22-24,26,29H,7-17H2,1-6H3/t19?,20-,22?,23?,24?,26-,27+,28-/m0/s1. The van der Waals surface area contributed by atoms with Crippen LogP contribution in [0.2, 0.25) is 0 Å². The van der Waals surface area contributed by atoms with E-state index in [1.807, 2.05) is 11.1 Å². The molecule has 1 nitrogen and oxygen atoms in total. The summed E-state index contributed by atoms with van der Waals surface area (Å²) in [6.07, 6.45) is 14.8. The number of fused-ring (bicyclic) bond motifs is 4. The first-order valence-electron chi connectivity index (χ1n) is 13.1. The molecule has 0 aromatic heterocycles. The Morgan fingerprint density at radius 2 is 1.72 bits per heavy atom. The average Bonchev–Trinajstić information content (AvgIpc) is 3.02. The van der Waals surface area contributed by atoms with Crippen LogP contribution in [0.3, 0.4) is 0 Å². The van der Waals surface area contributed by atoms with Crippen LogP contribution < -0.4 is 0 Å². The summed E-state index contributed by atoms with van der Waals surface area (Å²) in [4.78, 5) is 0. The smallest absolute Gasteiger partial charge is 0.0569 e. The number of allylic oxidation sites excluding steroid dienone is 2. The number of rotatable bonds is 5. The Labute approximate surface area is 181 Å². The molecule has 4 rings (SSSR count). The van der Waals surface area contributed by atoms with E-state index >= 15 is 0 Å². The average molecular weight is 401 g/mol. The largest absolute Gasteiger partial charge is 0.393 e. The van der Waals surface area contributed by atoms with Gasteiger partial charge in [-0.25, -0.2) is 0 Å². The first-order chi connectivity index (χ1) is 13.7. The van der Waals surface area contributed by atoms with Gasteiger partial charge in [-0.2, -0.15) is 0 Å². The normalized spacial score (nSPS) is 45.7. The Morgan fingerprint density at radius 3 is 2.45 bits per heavy atom. The molecule has 0 saturated heterocycles. The maximum Gasteiger partial charge on any atom is 0.0569 e. The van der Waals surface area contributed by atoms with Crippen molar-refractivity contribution in [3.8, 4) is 0 Å². The topological polar surface area (TPSA) is 20.2 Å². The van der Waals surface area contributed by atoms with E-state index in [9.17, 15) is 5.11 Å². The van der Waals surface area contributed by atoms with Crippen molar-refractivity contribution in [3.05, 3.63) is 11.1 Å². The van der Waals surface area contributed by atoms with Crippen molar-refractivity contribution in [2.24, 2.45) is 46.3 Å². The maximum absolute atomic E-state index is 10.5. The fraction of sp³-hybridized carbons (Fsp3) is 0.929. The Morgan fingerprint density at radius 1 is 0.966 bits per heavy atom. The van der Waals surface area contributed by atoms with E-state index in [2.05, 4.69) is 41.5 Å². The van der Waals surface area contributed by atoms with E-state index in [0.717, 1.165) is 30.1 Å². The third kappa shape index (κ3) is 3.56. The van der Waals surface area contributed by atoms with Gasteiger partial charge in [-0.15, -0.1) is 0 Å². The lowest BCUT2D eigenvalue weighted by molar-refractivity contribution is -0.0336. The Bertz CT molecular complexity index is 632. The van der Waals surface area contributed by atoms with Gasteiger partial charge in [0.25, 0.3) is 0 Å². The Kier molecular flexibility index (Phi) is 6.04. The van der Waals surface area contributed by atoms with E-state index in [4.69, 9.17) is 0 Å². The third-order valence-corrected chi connectivity index (χ3v) is 10.7. The molecule has 4 aliphatic rings. The molecule has 29 heavy (non-hydrogen) atoms. The van der Waals surface area contributed by atoms with E-state index in [0.29, 0.717) is 22.7 Å². The lowest BCUT2D eigenvalue weighted by atomic mass is 9.49. The monoisotopic (exact) mass is 400 g/mol. The predicted octanol–water partition coefficient (Wildman–Crippen LogP) is 7.78. The molecule has 0 amide bonds. The van der Waals surface area contributed by atoms with E-state index in [1.54, 1.807) is 0 Å². The number of aliphatic hydroxyl groups is 1. The zero-order chi connectivity index (χ0) is 21.0. The van der Waals surface area contributed by atoms with Gasteiger partial charge < -0.3 is 5.11 Å². The van der Waals surface area contributed by atoms with Gasteiger partial charge in [0.2, 0.25) is 0 Å². The van der Waals surface area contributed by atoms with Crippen LogP contribution in [-0.4, -0.2) is 11.2 Å². The lowest BCUT2D eigenvalue weighted by Gasteiger charge is -2.56. The lowest BCUT2D eigenvalue weighted by Crippen LogP contribution is -2.49. The van der Waals surface area contributed by atoms with Gasteiger partial charge in [0.05, 0.1) is 6.10 Å². The second-order valence-corrected chi connectivity index (χ2v) is 12.6. The molecule has 1 heteroatoms. The summed E-state index contributed by atoms with van der Waals surface area (Å²) < 4.78 is 0. The minimum Gasteiger partial charge on any atom is -0.393 e. The minimum absolute atomic E-state index is 0.0633. The van der Waals surface area contributed by atoms with Crippen LogP contribution in [0.25, 0.3) is 0 Å².